The molecular weight excluding hydrogens is 382 g/mol. The fourth-order valence-corrected chi connectivity index (χ4v) is 4.51. The second-order valence-electron chi connectivity index (χ2n) is 5.96. The van der Waals surface area contributed by atoms with Gasteiger partial charge in [-0.1, -0.05) is 0 Å². The maximum absolute atomic E-state index is 10.2. The molecule has 0 aliphatic carbocycles. The van der Waals surface area contributed by atoms with Gasteiger partial charge in [-0.05, 0) is 26.0 Å². The highest BCUT2D eigenvalue weighted by Crippen LogP contribution is 2.32. The summed E-state index contributed by atoms with van der Waals surface area (Å²) >= 11 is 3.05. The third kappa shape index (κ3) is 3.04. The molecule has 0 fully saturated rings. The zero-order chi connectivity index (χ0) is 19.1. The van der Waals surface area contributed by atoms with Crippen molar-refractivity contribution in [3.63, 3.8) is 0 Å². The molecule has 0 aliphatic heterocycles. The van der Waals surface area contributed by atoms with Crippen molar-refractivity contribution in [2.75, 3.05) is 7.05 Å². The topological polar surface area (TPSA) is 87.4 Å². The molecule has 0 saturated heterocycles. The summed E-state index contributed by atoms with van der Waals surface area (Å²) in [4.78, 5) is 11.6. The number of aromatic hydroxyl groups is 2. The van der Waals surface area contributed by atoms with E-state index in [0.29, 0.717) is 16.1 Å². The number of aryl methyl sites for hydroxylation is 2. The number of phenols is 2. The zero-order valence-corrected chi connectivity index (χ0v) is 16.5. The molecule has 0 radical (unpaired) electrons. The quantitative estimate of drug-likeness (QED) is 0.518. The number of thiazole rings is 2. The minimum absolute atomic E-state index is 0.00652. The lowest BCUT2D eigenvalue weighted by Gasteiger charge is -2.06. The summed E-state index contributed by atoms with van der Waals surface area (Å²) in [7, 11) is 1.70. The fourth-order valence-electron chi connectivity index (χ4n) is 2.83. The summed E-state index contributed by atoms with van der Waals surface area (Å²) in [5.74, 6) is -0.0113. The Morgan fingerprint density at radius 1 is 1.22 bits per heavy atom. The van der Waals surface area contributed by atoms with E-state index in [9.17, 15) is 10.2 Å². The van der Waals surface area contributed by atoms with Crippen LogP contribution in [0.5, 0.6) is 11.5 Å². The highest BCUT2D eigenvalue weighted by atomic mass is 32.1. The van der Waals surface area contributed by atoms with Gasteiger partial charge in [0.2, 0.25) is 4.80 Å². The summed E-state index contributed by atoms with van der Waals surface area (Å²) in [6, 6.07) is 4.49. The number of nitrogens with zero attached hydrogens (tertiary/aromatic N) is 5. The molecule has 0 bridgehead atoms. The van der Waals surface area contributed by atoms with Crippen molar-refractivity contribution in [1.29, 1.82) is 0 Å². The van der Waals surface area contributed by atoms with Crippen LogP contribution >= 0.6 is 22.7 Å². The maximum atomic E-state index is 10.2. The van der Waals surface area contributed by atoms with E-state index in [1.807, 2.05) is 29.8 Å². The molecular formula is C18H17N5O2S2. The summed E-state index contributed by atoms with van der Waals surface area (Å²) in [6.07, 6.45) is 3.79. The SMILES string of the molecule is CN=c1scc(-c2ccc(O)cc2O)n1N=Cc1c(C)nc2sc(C)cn12. The summed E-state index contributed by atoms with van der Waals surface area (Å²) in [6.45, 7) is 4.00. The minimum Gasteiger partial charge on any atom is -0.508 e. The van der Waals surface area contributed by atoms with Crippen molar-refractivity contribution in [2.24, 2.45) is 10.1 Å². The van der Waals surface area contributed by atoms with Gasteiger partial charge < -0.3 is 10.2 Å². The molecule has 3 heterocycles. The number of benzene rings is 1. The Labute approximate surface area is 162 Å². The molecule has 9 heteroatoms. The Bertz CT molecular complexity index is 1240. The molecule has 4 rings (SSSR count). The van der Waals surface area contributed by atoms with Crippen molar-refractivity contribution in [3.05, 3.63) is 50.8 Å². The molecule has 0 unspecified atom stereocenters. The lowest BCUT2D eigenvalue weighted by Crippen LogP contribution is -2.12. The number of fused-ring (bicyclic) bond motifs is 1. The van der Waals surface area contributed by atoms with Crippen molar-refractivity contribution in [3.8, 4) is 22.8 Å². The zero-order valence-electron chi connectivity index (χ0n) is 14.9. The Morgan fingerprint density at radius 2 is 2.04 bits per heavy atom. The van der Waals surface area contributed by atoms with E-state index in [1.165, 1.54) is 28.3 Å². The standard InChI is InChI=1S/C18H17N5O2S2/c1-10-8-22-14(11(2)21-18(22)27-10)7-20-23-15(9-26-17(23)19-3)13-5-4-12(24)6-16(13)25/h4-9,24-25H,1-3H3. The predicted molar refractivity (Wildman–Crippen MR) is 108 cm³/mol. The van der Waals surface area contributed by atoms with E-state index >= 15 is 0 Å². The van der Waals surface area contributed by atoms with E-state index in [2.05, 4.69) is 15.1 Å². The highest BCUT2D eigenvalue weighted by Gasteiger charge is 2.13. The molecule has 1 aromatic carbocycles. The molecule has 0 atom stereocenters. The van der Waals surface area contributed by atoms with Crippen molar-refractivity contribution in [1.82, 2.24) is 14.1 Å². The third-order valence-electron chi connectivity index (χ3n) is 4.09. The van der Waals surface area contributed by atoms with Gasteiger partial charge in [0, 0.05) is 35.1 Å². The van der Waals surface area contributed by atoms with Gasteiger partial charge in [0.15, 0.2) is 4.96 Å². The minimum atomic E-state index is -0.0178. The number of imidazole rings is 1. The number of phenolic OH excluding ortho intramolecular Hbond substituents is 2. The summed E-state index contributed by atoms with van der Waals surface area (Å²) in [5, 5.41) is 26.3. The van der Waals surface area contributed by atoms with E-state index < -0.39 is 0 Å². The van der Waals surface area contributed by atoms with Crippen LogP contribution in [-0.2, 0) is 0 Å². The number of aromatic nitrogens is 3. The molecule has 0 aliphatic rings. The van der Waals surface area contributed by atoms with Gasteiger partial charge in [-0.3, -0.25) is 9.39 Å². The van der Waals surface area contributed by atoms with E-state index in [4.69, 9.17) is 0 Å². The second kappa shape index (κ2) is 6.67. The van der Waals surface area contributed by atoms with Crippen molar-refractivity contribution < 1.29 is 10.2 Å². The average Bonchev–Trinajstić information content (AvgIpc) is 3.25. The van der Waals surface area contributed by atoms with Crippen molar-refractivity contribution >= 4 is 33.8 Å². The number of hydrogen-bond acceptors (Lipinski definition) is 7. The van der Waals surface area contributed by atoms with Crippen LogP contribution in [0.15, 0.2) is 39.9 Å². The van der Waals surface area contributed by atoms with Crippen LogP contribution in [0.3, 0.4) is 0 Å². The first-order valence-electron chi connectivity index (χ1n) is 8.13. The lowest BCUT2D eigenvalue weighted by molar-refractivity contribution is 0.451. The normalized spacial score (nSPS) is 12.6. The largest absolute Gasteiger partial charge is 0.508 e. The fraction of sp³-hybridized carbons (Fsp3) is 0.167. The Kier molecular flexibility index (Phi) is 4.33. The first-order valence-corrected chi connectivity index (χ1v) is 9.82. The molecule has 7 nitrogen and oxygen atoms in total. The second-order valence-corrected chi connectivity index (χ2v) is 8.01. The first-order chi connectivity index (χ1) is 13.0. The molecule has 0 amide bonds. The molecule has 138 valence electrons. The predicted octanol–water partition coefficient (Wildman–Crippen LogP) is 3.37. The van der Waals surface area contributed by atoms with Gasteiger partial charge in [0.25, 0.3) is 0 Å². The van der Waals surface area contributed by atoms with Gasteiger partial charge in [-0.25, -0.2) is 9.66 Å². The number of rotatable bonds is 3. The van der Waals surface area contributed by atoms with Crippen LogP contribution in [0.2, 0.25) is 0 Å². The Balaban J connectivity index is 1.85. The molecule has 0 spiro atoms. The van der Waals surface area contributed by atoms with Gasteiger partial charge >= 0.3 is 0 Å². The van der Waals surface area contributed by atoms with Crippen LogP contribution in [0.4, 0.5) is 0 Å². The van der Waals surface area contributed by atoms with E-state index in [1.54, 1.807) is 35.3 Å². The molecule has 4 aromatic rings. The Hall–Kier alpha value is -2.91. The van der Waals surface area contributed by atoms with Gasteiger partial charge in [0.1, 0.15) is 11.5 Å². The first kappa shape index (κ1) is 17.5. The number of hydrogen-bond donors (Lipinski definition) is 2. The molecule has 3 aromatic heterocycles. The van der Waals surface area contributed by atoms with Gasteiger partial charge in [0.05, 0.1) is 23.3 Å². The smallest absolute Gasteiger partial charge is 0.205 e. The van der Waals surface area contributed by atoms with Gasteiger partial charge in [-0.15, -0.1) is 22.7 Å². The van der Waals surface area contributed by atoms with Crippen LogP contribution < -0.4 is 4.80 Å². The monoisotopic (exact) mass is 399 g/mol. The van der Waals surface area contributed by atoms with Crippen LogP contribution in [0.1, 0.15) is 16.3 Å². The van der Waals surface area contributed by atoms with E-state index in [-0.39, 0.29) is 11.5 Å². The summed E-state index contributed by atoms with van der Waals surface area (Å²) < 4.78 is 3.70. The van der Waals surface area contributed by atoms with Crippen LogP contribution in [0.25, 0.3) is 16.2 Å². The van der Waals surface area contributed by atoms with Crippen LogP contribution in [-0.4, -0.2) is 37.5 Å². The average molecular weight is 400 g/mol. The molecule has 2 N–H and O–H groups in total. The third-order valence-corrected chi connectivity index (χ3v) is 5.90. The molecule has 27 heavy (non-hydrogen) atoms. The molecule has 0 saturated carbocycles. The maximum Gasteiger partial charge on any atom is 0.205 e. The van der Waals surface area contributed by atoms with Crippen LogP contribution in [0, 0.1) is 13.8 Å². The summed E-state index contributed by atoms with van der Waals surface area (Å²) in [5.41, 5.74) is 3.05. The van der Waals surface area contributed by atoms with E-state index in [0.717, 1.165) is 16.3 Å². The Morgan fingerprint density at radius 3 is 2.78 bits per heavy atom. The highest BCUT2D eigenvalue weighted by molar-refractivity contribution is 7.17. The van der Waals surface area contributed by atoms with Gasteiger partial charge in [-0.2, -0.15) is 5.10 Å². The van der Waals surface area contributed by atoms with Crippen molar-refractivity contribution in [2.45, 2.75) is 13.8 Å². The lowest BCUT2D eigenvalue weighted by atomic mass is 10.1.